The lowest BCUT2D eigenvalue weighted by Crippen LogP contribution is -2.20. The summed E-state index contributed by atoms with van der Waals surface area (Å²) in [5, 5.41) is 15.1. The van der Waals surface area contributed by atoms with Crippen molar-refractivity contribution in [1.82, 2.24) is 0 Å². The Kier molecular flexibility index (Phi) is 8.49. The molecular weight excluding hydrogens is 466 g/mol. The Bertz CT molecular complexity index is 1310. The molecule has 0 aromatic heterocycles. The standard InChI is InChI=1S/C27H24ClN3O4/c1-17-7-9-21(10-8-17)31-27(33)20(15-29)12-19-13-23(28)26(24(14-19)34-3)35-16-25(32)30-22-6-4-5-18(2)11-22/h4-14H,16H2,1-3H3,(H,30,32)(H,31,33)/b20-12+. The Hall–Kier alpha value is -4.28. The molecule has 0 aliphatic heterocycles. The van der Waals surface area contributed by atoms with Crippen LogP contribution in [0.1, 0.15) is 16.7 Å². The van der Waals surface area contributed by atoms with Crippen LogP contribution in [0, 0.1) is 25.2 Å². The number of nitrogens with one attached hydrogen (secondary N) is 2. The third-order valence-electron chi connectivity index (χ3n) is 4.89. The van der Waals surface area contributed by atoms with Crippen LogP contribution in [0.25, 0.3) is 6.08 Å². The second kappa shape index (κ2) is 11.7. The van der Waals surface area contributed by atoms with Crippen molar-refractivity contribution < 1.29 is 19.1 Å². The van der Waals surface area contributed by atoms with Crippen LogP contribution in [0.15, 0.2) is 66.2 Å². The SMILES string of the molecule is COc1cc(/C=C(\C#N)C(=O)Nc2ccc(C)cc2)cc(Cl)c1OCC(=O)Nc1cccc(C)c1. The van der Waals surface area contributed by atoms with Gasteiger partial charge in [0.25, 0.3) is 11.8 Å². The number of carbonyl (C=O) groups excluding carboxylic acids is 2. The van der Waals surface area contributed by atoms with Gasteiger partial charge in [-0.1, -0.05) is 41.4 Å². The first kappa shape index (κ1) is 25.3. The summed E-state index contributed by atoms with van der Waals surface area (Å²) in [5.41, 5.74) is 3.64. The molecule has 0 saturated heterocycles. The number of anilines is 2. The summed E-state index contributed by atoms with van der Waals surface area (Å²) in [7, 11) is 1.42. The number of hydrogen-bond donors (Lipinski definition) is 2. The van der Waals surface area contributed by atoms with Crippen molar-refractivity contribution in [1.29, 1.82) is 5.26 Å². The van der Waals surface area contributed by atoms with E-state index in [-0.39, 0.29) is 34.6 Å². The zero-order valence-electron chi connectivity index (χ0n) is 19.5. The van der Waals surface area contributed by atoms with E-state index in [4.69, 9.17) is 21.1 Å². The predicted molar refractivity (Wildman–Crippen MR) is 137 cm³/mol. The number of carbonyl (C=O) groups is 2. The number of aryl methyl sites for hydroxylation is 2. The van der Waals surface area contributed by atoms with E-state index in [2.05, 4.69) is 10.6 Å². The van der Waals surface area contributed by atoms with E-state index in [0.717, 1.165) is 11.1 Å². The average Bonchev–Trinajstić information content (AvgIpc) is 2.82. The minimum absolute atomic E-state index is 0.116. The van der Waals surface area contributed by atoms with Gasteiger partial charge in [-0.05, 0) is 67.4 Å². The summed E-state index contributed by atoms with van der Waals surface area (Å²) in [6, 6.07) is 19.6. The van der Waals surface area contributed by atoms with Gasteiger partial charge in [-0.15, -0.1) is 0 Å². The van der Waals surface area contributed by atoms with Crippen molar-refractivity contribution in [2.24, 2.45) is 0 Å². The third kappa shape index (κ3) is 7.10. The number of nitriles is 1. The molecule has 0 fully saturated rings. The predicted octanol–water partition coefficient (Wildman–Crippen LogP) is 5.53. The molecule has 0 aliphatic carbocycles. The van der Waals surface area contributed by atoms with Gasteiger partial charge in [0.15, 0.2) is 18.1 Å². The fourth-order valence-corrected chi connectivity index (χ4v) is 3.45. The van der Waals surface area contributed by atoms with Crippen molar-refractivity contribution in [2.45, 2.75) is 13.8 Å². The number of methoxy groups -OCH3 is 1. The zero-order valence-corrected chi connectivity index (χ0v) is 20.3. The van der Waals surface area contributed by atoms with Crippen LogP contribution in [0.5, 0.6) is 11.5 Å². The highest BCUT2D eigenvalue weighted by atomic mass is 35.5. The maximum atomic E-state index is 12.6. The van der Waals surface area contributed by atoms with Gasteiger partial charge >= 0.3 is 0 Å². The summed E-state index contributed by atoms with van der Waals surface area (Å²) in [6.45, 7) is 3.57. The lowest BCUT2D eigenvalue weighted by molar-refractivity contribution is -0.118. The van der Waals surface area contributed by atoms with Crippen LogP contribution in [0.2, 0.25) is 5.02 Å². The smallest absolute Gasteiger partial charge is 0.266 e. The molecule has 8 heteroatoms. The molecule has 3 rings (SSSR count). The summed E-state index contributed by atoms with van der Waals surface area (Å²) >= 11 is 6.38. The highest BCUT2D eigenvalue weighted by molar-refractivity contribution is 6.32. The number of nitrogens with zero attached hydrogens (tertiary/aromatic N) is 1. The van der Waals surface area contributed by atoms with Crippen LogP contribution in [-0.2, 0) is 9.59 Å². The van der Waals surface area contributed by atoms with Crippen molar-refractivity contribution in [3.8, 4) is 17.6 Å². The topological polar surface area (TPSA) is 100 Å². The highest BCUT2D eigenvalue weighted by Crippen LogP contribution is 2.37. The van der Waals surface area contributed by atoms with Gasteiger partial charge in [0.05, 0.1) is 12.1 Å². The van der Waals surface area contributed by atoms with Crippen LogP contribution < -0.4 is 20.1 Å². The van der Waals surface area contributed by atoms with E-state index in [1.165, 1.54) is 19.3 Å². The second-order valence-electron chi connectivity index (χ2n) is 7.73. The van der Waals surface area contributed by atoms with Crippen LogP contribution in [0.4, 0.5) is 11.4 Å². The van der Waals surface area contributed by atoms with E-state index in [0.29, 0.717) is 16.9 Å². The van der Waals surface area contributed by atoms with Crippen molar-refractivity contribution in [3.63, 3.8) is 0 Å². The Labute approximate surface area is 208 Å². The zero-order chi connectivity index (χ0) is 25.4. The molecule has 35 heavy (non-hydrogen) atoms. The third-order valence-corrected chi connectivity index (χ3v) is 5.17. The molecule has 0 radical (unpaired) electrons. The Morgan fingerprint density at radius 3 is 2.40 bits per heavy atom. The van der Waals surface area contributed by atoms with Crippen molar-refractivity contribution in [3.05, 3.63) is 87.9 Å². The van der Waals surface area contributed by atoms with Crippen LogP contribution >= 0.6 is 11.6 Å². The molecule has 0 aliphatic rings. The lowest BCUT2D eigenvalue weighted by atomic mass is 10.1. The maximum absolute atomic E-state index is 12.6. The van der Waals surface area contributed by atoms with Gasteiger partial charge < -0.3 is 20.1 Å². The molecule has 0 saturated carbocycles. The van der Waals surface area contributed by atoms with Gasteiger partial charge in [-0.2, -0.15) is 5.26 Å². The molecule has 0 heterocycles. The molecule has 0 unspecified atom stereocenters. The number of benzene rings is 3. The fraction of sp³-hybridized carbons (Fsp3) is 0.148. The van der Waals surface area contributed by atoms with Gasteiger partial charge in [-0.25, -0.2) is 0 Å². The monoisotopic (exact) mass is 489 g/mol. The molecule has 178 valence electrons. The molecule has 3 aromatic rings. The molecule has 7 nitrogen and oxygen atoms in total. The molecule has 0 spiro atoms. The fourth-order valence-electron chi connectivity index (χ4n) is 3.17. The van der Waals surface area contributed by atoms with Gasteiger partial charge in [0, 0.05) is 11.4 Å². The van der Waals surface area contributed by atoms with Gasteiger partial charge in [-0.3, -0.25) is 9.59 Å². The minimum atomic E-state index is -0.556. The first-order valence-corrected chi connectivity index (χ1v) is 11.0. The molecule has 2 N–H and O–H groups in total. The van der Waals surface area contributed by atoms with E-state index < -0.39 is 5.91 Å². The molecule has 0 atom stereocenters. The number of hydrogen-bond acceptors (Lipinski definition) is 5. The number of ether oxygens (including phenoxy) is 2. The van der Waals surface area contributed by atoms with Crippen LogP contribution in [0.3, 0.4) is 0 Å². The summed E-state index contributed by atoms with van der Waals surface area (Å²) in [4.78, 5) is 24.8. The van der Waals surface area contributed by atoms with Gasteiger partial charge in [0.1, 0.15) is 11.6 Å². The summed E-state index contributed by atoms with van der Waals surface area (Å²) < 4.78 is 11.0. The second-order valence-corrected chi connectivity index (χ2v) is 8.14. The minimum Gasteiger partial charge on any atom is -0.493 e. The molecule has 0 bridgehead atoms. The first-order valence-electron chi connectivity index (χ1n) is 10.7. The molecule has 2 amide bonds. The van der Waals surface area contributed by atoms with E-state index in [1.807, 2.05) is 50.2 Å². The van der Waals surface area contributed by atoms with Gasteiger partial charge in [0.2, 0.25) is 0 Å². The number of halogens is 1. The number of amides is 2. The lowest BCUT2D eigenvalue weighted by Gasteiger charge is -2.14. The van der Waals surface area contributed by atoms with Crippen LogP contribution in [-0.4, -0.2) is 25.5 Å². The van der Waals surface area contributed by atoms with E-state index >= 15 is 0 Å². The normalized spacial score (nSPS) is 10.8. The molecule has 3 aromatic carbocycles. The Balaban J connectivity index is 1.73. The highest BCUT2D eigenvalue weighted by Gasteiger charge is 2.16. The van der Waals surface area contributed by atoms with E-state index in [9.17, 15) is 14.9 Å². The summed E-state index contributed by atoms with van der Waals surface area (Å²) in [6.07, 6.45) is 1.39. The van der Waals surface area contributed by atoms with Crippen molar-refractivity contribution >= 4 is 40.9 Å². The summed E-state index contributed by atoms with van der Waals surface area (Å²) in [5.74, 6) is -0.492. The average molecular weight is 490 g/mol. The quantitative estimate of drug-likeness (QED) is 0.320. The number of rotatable bonds is 8. The first-order chi connectivity index (χ1) is 16.8. The maximum Gasteiger partial charge on any atom is 0.266 e. The molecular formula is C27H24ClN3O4. The van der Waals surface area contributed by atoms with Crippen molar-refractivity contribution in [2.75, 3.05) is 24.4 Å². The Morgan fingerprint density at radius 2 is 1.74 bits per heavy atom. The van der Waals surface area contributed by atoms with E-state index in [1.54, 1.807) is 24.3 Å². The largest absolute Gasteiger partial charge is 0.493 e. The Morgan fingerprint density at radius 1 is 1.00 bits per heavy atom.